The Kier molecular flexibility index (Phi) is 2.55. The summed E-state index contributed by atoms with van der Waals surface area (Å²) in [5, 5.41) is 1.20. The first-order valence-corrected chi connectivity index (χ1v) is 7.41. The van der Waals surface area contributed by atoms with Crippen LogP contribution in [-0.4, -0.2) is 4.98 Å². The molecule has 1 heterocycles. The normalized spacial score (nSPS) is 18.9. The number of nitrogens with zero attached hydrogens (tertiary/aromatic N) is 1. The standard InChI is InChI=1S/C15H20N2S/c1-14(2,3)13-17-11-6-5-10(9-12(11)18-13)15(16)7-4-8-15/h5-6,9H,4,7-8,16H2,1-3H3. The molecule has 3 heteroatoms. The highest BCUT2D eigenvalue weighted by Gasteiger charge is 2.34. The Morgan fingerprint density at radius 3 is 2.56 bits per heavy atom. The van der Waals surface area contributed by atoms with E-state index in [0.29, 0.717) is 0 Å². The van der Waals surface area contributed by atoms with Gasteiger partial charge in [0.05, 0.1) is 15.2 Å². The SMILES string of the molecule is CC(C)(C)c1nc2ccc(C3(N)CCC3)cc2s1. The van der Waals surface area contributed by atoms with E-state index >= 15 is 0 Å². The molecule has 18 heavy (non-hydrogen) atoms. The zero-order chi connectivity index (χ0) is 13.0. The van der Waals surface area contributed by atoms with Crippen molar-refractivity contribution in [1.82, 2.24) is 4.98 Å². The van der Waals surface area contributed by atoms with Gasteiger partial charge in [0.2, 0.25) is 0 Å². The number of aromatic nitrogens is 1. The fourth-order valence-electron chi connectivity index (χ4n) is 2.40. The smallest absolute Gasteiger partial charge is 0.0992 e. The average Bonchev–Trinajstić information content (AvgIpc) is 2.68. The number of benzene rings is 1. The molecule has 2 aromatic rings. The van der Waals surface area contributed by atoms with E-state index in [0.717, 1.165) is 18.4 Å². The molecule has 0 aliphatic heterocycles. The van der Waals surface area contributed by atoms with E-state index in [9.17, 15) is 0 Å². The van der Waals surface area contributed by atoms with Crippen LogP contribution in [0.5, 0.6) is 0 Å². The summed E-state index contributed by atoms with van der Waals surface area (Å²) in [6, 6.07) is 6.54. The molecule has 0 radical (unpaired) electrons. The molecule has 0 amide bonds. The molecule has 2 N–H and O–H groups in total. The fourth-order valence-corrected chi connectivity index (χ4v) is 3.46. The summed E-state index contributed by atoms with van der Waals surface area (Å²) in [5.74, 6) is 0. The molecular weight excluding hydrogens is 240 g/mol. The third-order valence-corrected chi connectivity index (χ3v) is 5.29. The molecule has 1 aliphatic rings. The number of hydrogen-bond acceptors (Lipinski definition) is 3. The molecule has 1 fully saturated rings. The van der Waals surface area contributed by atoms with E-state index in [-0.39, 0.29) is 11.0 Å². The quantitative estimate of drug-likeness (QED) is 0.843. The predicted molar refractivity (Wildman–Crippen MR) is 78.0 cm³/mol. The summed E-state index contributed by atoms with van der Waals surface area (Å²) in [5.41, 5.74) is 8.84. The molecule has 0 atom stereocenters. The lowest BCUT2D eigenvalue weighted by Crippen LogP contribution is -2.43. The van der Waals surface area contributed by atoms with Crippen molar-refractivity contribution < 1.29 is 0 Å². The van der Waals surface area contributed by atoms with Crippen LogP contribution in [-0.2, 0) is 11.0 Å². The summed E-state index contributed by atoms with van der Waals surface area (Å²) in [6.45, 7) is 6.63. The number of rotatable bonds is 1. The number of fused-ring (bicyclic) bond motifs is 1. The van der Waals surface area contributed by atoms with E-state index in [1.807, 2.05) is 0 Å². The first kappa shape index (κ1) is 12.1. The van der Waals surface area contributed by atoms with E-state index in [1.54, 1.807) is 11.3 Å². The van der Waals surface area contributed by atoms with Crippen LogP contribution in [0.1, 0.15) is 50.6 Å². The molecule has 1 aliphatic carbocycles. The van der Waals surface area contributed by atoms with E-state index in [1.165, 1.54) is 21.7 Å². The summed E-state index contributed by atoms with van der Waals surface area (Å²) in [7, 11) is 0. The van der Waals surface area contributed by atoms with Gasteiger partial charge in [-0.3, -0.25) is 0 Å². The van der Waals surface area contributed by atoms with Gasteiger partial charge in [-0.05, 0) is 37.0 Å². The molecule has 1 aromatic carbocycles. The van der Waals surface area contributed by atoms with Gasteiger partial charge in [0.15, 0.2) is 0 Å². The van der Waals surface area contributed by atoms with Crippen molar-refractivity contribution >= 4 is 21.6 Å². The van der Waals surface area contributed by atoms with Crippen LogP contribution in [0.4, 0.5) is 0 Å². The van der Waals surface area contributed by atoms with Crippen LogP contribution in [0.3, 0.4) is 0 Å². The molecule has 0 spiro atoms. The Morgan fingerprint density at radius 1 is 1.28 bits per heavy atom. The third kappa shape index (κ3) is 1.86. The molecular formula is C15H20N2S. The van der Waals surface area contributed by atoms with Crippen LogP contribution in [0.15, 0.2) is 18.2 Å². The summed E-state index contributed by atoms with van der Waals surface area (Å²) in [6.07, 6.45) is 3.48. The summed E-state index contributed by atoms with van der Waals surface area (Å²) in [4.78, 5) is 4.73. The molecule has 3 rings (SSSR count). The Hall–Kier alpha value is -0.930. The minimum atomic E-state index is -0.0694. The molecule has 0 bridgehead atoms. The van der Waals surface area contributed by atoms with Crippen molar-refractivity contribution in [3.8, 4) is 0 Å². The highest BCUT2D eigenvalue weighted by Crippen LogP contribution is 2.40. The van der Waals surface area contributed by atoms with E-state index in [2.05, 4.69) is 39.0 Å². The van der Waals surface area contributed by atoms with Crippen molar-refractivity contribution in [2.45, 2.75) is 51.0 Å². The fraction of sp³-hybridized carbons (Fsp3) is 0.533. The largest absolute Gasteiger partial charge is 0.321 e. The second kappa shape index (κ2) is 3.78. The van der Waals surface area contributed by atoms with Gasteiger partial charge < -0.3 is 5.73 Å². The number of nitrogens with two attached hydrogens (primary N) is 1. The molecule has 1 saturated carbocycles. The maximum atomic E-state index is 6.39. The first-order valence-electron chi connectivity index (χ1n) is 6.59. The average molecular weight is 260 g/mol. The van der Waals surface area contributed by atoms with Crippen molar-refractivity contribution in [3.05, 3.63) is 28.8 Å². The van der Waals surface area contributed by atoms with Gasteiger partial charge in [0.25, 0.3) is 0 Å². The Bertz CT molecular complexity index is 588. The number of thiazole rings is 1. The highest BCUT2D eigenvalue weighted by molar-refractivity contribution is 7.18. The lowest BCUT2D eigenvalue weighted by Gasteiger charge is -2.38. The highest BCUT2D eigenvalue weighted by atomic mass is 32.1. The second-order valence-corrected chi connectivity index (χ2v) is 7.49. The first-order chi connectivity index (χ1) is 8.38. The van der Waals surface area contributed by atoms with Crippen molar-refractivity contribution in [2.24, 2.45) is 5.73 Å². The molecule has 2 nitrogen and oxygen atoms in total. The lowest BCUT2D eigenvalue weighted by molar-refractivity contribution is 0.254. The van der Waals surface area contributed by atoms with Crippen LogP contribution < -0.4 is 5.73 Å². The maximum Gasteiger partial charge on any atom is 0.0992 e. The topological polar surface area (TPSA) is 38.9 Å². The van der Waals surface area contributed by atoms with Crippen LogP contribution in [0.25, 0.3) is 10.2 Å². The maximum absolute atomic E-state index is 6.39. The molecule has 1 aromatic heterocycles. The van der Waals surface area contributed by atoms with Crippen LogP contribution in [0.2, 0.25) is 0 Å². The minimum Gasteiger partial charge on any atom is -0.321 e. The molecule has 96 valence electrons. The Balaban J connectivity index is 2.07. The van der Waals surface area contributed by atoms with Crippen molar-refractivity contribution in [1.29, 1.82) is 0 Å². The van der Waals surface area contributed by atoms with Gasteiger partial charge in [0.1, 0.15) is 0 Å². The van der Waals surface area contributed by atoms with E-state index in [4.69, 9.17) is 10.7 Å². The zero-order valence-corrected chi connectivity index (χ0v) is 12.1. The van der Waals surface area contributed by atoms with Crippen LogP contribution in [0, 0.1) is 0 Å². The van der Waals surface area contributed by atoms with E-state index < -0.39 is 0 Å². The summed E-state index contributed by atoms with van der Waals surface area (Å²) >= 11 is 1.80. The van der Waals surface area contributed by atoms with Gasteiger partial charge in [-0.25, -0.2) is 4.98 Å². The monoisotopic (exact) mass is 260 g/mol. The second-order valence-electron chi connectivity index (χ2n) is 6.46. The predicted octanol–water partition coefficient (Wildman–Crippen LogP) is 3.93. The van der Waals surface area contributed by atoms with Gasteiger partial charge in [-0.1, -0.05) is 26.8 Å². The van der Waals surface area contributed by atoms with Crippen LogP contribution >= 0.6 is 11.3 Å². The zero-order valence-electron chi connectivity index (χ0n) is 11.3. The van der Waals surface area contributed by atoms with Gasteiger partial charge >= 0.3 is 0 Å². The lowest BCUT2D eigenvalue weighted by atomic mass is 9.73. The third-order valence-electron chi connectivity index (χ3n) is 3.85. The summed E-state index contributed by atoms with van der Waals surface area (Å²) < 4.78 is 1.27. The van der Waals surface area contributed by atoms with Gasteiger partial charge in [0, 0.05) is 11.0 Å². The Labute approximate surface area is 112 Å². The number of hydrogen-bond donors (Lipinski definition) is 1. The van der Waals surface area contributed by atoms with Gasteiger partial charge in [-0.15, -0.1) is 11.3 Å². The molecule has 0 saturated heterocycles. The minimum absolute atomic E-state index is 0.0694. The Morgan fingerprint density at radius 2 is 2.00 bits per heavy atom. The van der Waals surface area contributed by atoms with Crippen molar-refractivity contribution in [2.75, 3.05) is 0 Å². The molecule has 0 unspecified atom stereocenters. The van der Waals surface area contributed by atoms with Crippen molar-refractivity contribution in [3.63, 3.8) is 0 Å². The van der Waals surface area contributed by atoms with Gasteiger partial charge in [-0.2, -0.15) is 0 Å².